The van der Waals surface area contributed by atoms with Gasteiger partial charge < -0.3 is 9.80 Å². The van der Waals surface area contributed by atoms with Gasteiger partial charge >= 0.3 is 0 Å². The van der Waals surface area contributed by atoms with Gasteiger partial charge in [0.1, 0.15) is 0 Å². The van der Waals surface area contributed by atoms with Crippen LogP contribution >= 0.6 is 0 Å². The Kier molecular flexibility index (Phi) is 8.61. The van der Waals surface area contributed by atoms with Crippen molar-refractivity contribution in [1.82, 2.24) is 0 Å². The van der Waals surface area contributed by atoms with Crippen LogP contribution in [0.3, 0.4) is 0 Å². The zero-order chi connectivity index (χ0) is 41.3. The summed E-state index contributed by atoms with van der Waals surface area (Å²) in [7, 11) is 0. The highest BCUT2D eigenvalue weighted by Gasteiger charge is 2.40. The highest BCUT2D eigenvalue weighted by molar-refractivity contribution is 5.95. The van der Waals surface area contributed by atoms with Gasteiger partial charge in [-0.15, -0.1) is 0 Å². The molecule has 0 spiro atoms. The predicted molar refractivity (Wildman–Crippen MR) is 261 cm³/mol. The number of nitrogens with zero attached hydrogens (tertiary/aromatic N) is 2. The monoisotopic (exact) mass is 784 g/mol. The molecule has 0 radical (unpaired) electrons. The van der Waals surface area contributed by atoms with E-state index in [0.29, 0.717) is 0 Å². The van der Waals surface area contributed by atoms with Crippen molar-refractivity contribution in [1.29, 1.82) is 0 Å². The van der Waals surface area contributed by atoms with Gasteiger partial charge in [-0.2, -0.15) is 0 Å². The number of hydrogen-bond acceptors (Lipinski definition) is 2. The van der Waals surface area contributed by atoms with E-state index in [4.69, 9.17) is 0 Å². The van der Waals surface area contributed by atoms with E-state index < -0.39 is 0 Å². The third-order valence-electron chi connectivity index (χ3n) is 13.7. The van der Waals surface area contributed by atoms with Crippen LogP contribution in [0.5, 0.6) is 0 Å². The van der Waals surface area contributed by atoms with Crippen LogP contribution in [-0.2, 0) is 11.0 Å². The molecule has 0 saturated carbocycles. The lowest BCUT2D eigenvalue weighted by molar-refractivity contribution is 0.463. The van der Waals surface area contributed by atoms with Crippen molar-refractivity contribution in [3.63, 3.8) is 0 Å². The van der Waals surface area contributed by atoms with E-state index >= 15 is 0 Å². The molecule has 294 valence electrons. The smallest absolute Gasteiger partial charge is 0.0671 e. The van der Waals surface area contributed by atoms with Gasteiger partial charge in [-0.1, -0.05) is 166 Å². The minimum atomic E-state index is -0.362. The maximum Gasteiger partial charge on any atom is 0.0671 e. The third kappa shape index (κ3) is 6.08. The van der Waals surface area contributed by atoms with Gasteiger partial charge in [0, 0.05) is 33.9 Å². The molecule has 0 heterocycles. The second-order valence-corrected chi connectivity index (χ2v) is 17.5. The zero-order valence-corrected chi connectivity index (χ0v) is 35.2. The number of benzene rings is 10. The largest absolute Gasteiger partial charge is 0.331 e. The Morgan fingerprint density at radius 3 is 1.16 bits per heavy atom. The molecule has 0 bridgehead atoms. The standard InChI is InChI=1S/C59H48N2/c1-5-59(4,61(52-29-24-42-16-8-12-20-46(42)36-52)53-30-25-43-17-9-13-21-47(43)37-53)48-26-32-54-55-33-31-51(39-57(55)58(2,3)56(54)38-48)60(49-27-22-40-14-6-10-18-44(40)34-49)50-28-23-41-15-7-11-19-45(41)35-50/h6-39H,5H2,1-4H3. The highest BCUT2D eigenvalue weighted by Crippen LogP contribution is 2.53. The van der Waals surface area contributed by atoms with Crippen molar-refractivity contribution in [2.45, 2.75) is 45.1 Å². The molecule has 10 aromatic rings. The summed E-state index contributed by atoms with van der Waals surface area (Å²) in [5.41, 5.74) is 11.9. The number of hydrogen-bond donors (Lipinski definition) is 0. The summed E-state index contributed by atoms with van der Waals surface area (Å²) in [5, 5.41) is 9.92. The fraction of sp³-hybridized carbons (Fsp3) is 0.119. The maximum absolute atomic E-state index is 2.59. The quantitative estimate of drug-likeness (QED) is 0.151. The molecular weight excluding hydrogens is 737 g/mol. The Balaban J connectivity index is 1.04. The molecule has 2 heteroatoms. The molecule has 1 unspecified atom stereocenters. The van der Waals surface area contributed by atoms with Gasteiger partial charge in [0.05, 0.1) is 5.54 Å². The molecule has 1 aliphatic carbocycles. The van der Waals surface area contributed by atoms with E-state index in [1.165, 1.54) is 82.3 Å². The number of fused-ring (bicyclic) bond motifs is 7. The average molecular weight is 785 g/mol. The van der Waals surface area contributed by atoms with Crippen LogP contribution in [-0.4, -0.2) is 0 Å². The van der Waals surface area contributed by atoms with Gasteiger partial charge in [-0.25, -0.2) is 0 Å². The van der Waals surface area contributed by atoms with Crippen molar-refractivity contribution in [2.75, 3.05) is 9.80 Å². The van der Waals surface area contributed by atoms with Crippen LogP contribution < -0.4 is 9.80 Å². The van der Waals surface area contributed by atoms with Gasteiger partial charge in [-0.05, 0) is 145 Å². The second-order valence-electron chi connectivity index (χ2n) is 17.5. The Morgan fingerprint density at radius 2 is 0.721 bits per heavy atom. The van der Waals surface area contributed by atoms with Crippen LogP contribution in [0.15, 0.2) is 206 Å². The predicted octanol–water partition coefficient (Wildman–Crippen LogP) is 16.5. The molecule has 1 aliphatic rings. The molecular formula is C59H48N2. The summed E-state index contributed by atoms with van der Waals surface area (Å²) in [6, 6.07) is 76.7. The van der Waals surface area contributed by atoms with E-state index in [1.807, 2.05) is 0 Å². The molecule has 0 amide bonds. The summed E-state index contributed by atoms with van der Waals surface area (Å²) in [6.07, 6.45) is 0.912. The van der Waals surface area contributed by atoms with E-state index in [2.05, 4.69) is 244 Å². The van der Waals surface area contributed by atoms with Crippen molar-refractivity contribution in [3.05, 3.63) is 223 Å². The van der Waals surface area contributed by atoms with E-state index in [0.717, 1.165) is 23.5 Å². The van der Waals surface area contributed by atoms with E-state index in [9.17, 15) is 0 Å². The topological polar surface area (TPSA) is 6.48 Å². The van der Waals surface area contributed by atoms with Gasteiger partial charge in [0.2, 0.25) is 0 Å². The summed E-state index contributed by atoms with van der Waals surface area (Å²) in [4.78, 5) is 5.02. The zero-order valence-electron chi connectivity index (χ0n) is 35.2. The molecule has 2 nitrogen and oxygen atoms in total. The Bertz CT molecular complexity index is 3160. The first-order valence-corrected chi connectivity index (χ1v) is 21.6. The van der Waals surface area contributed by atoms with Gasteiger partial charge in [0.25, 0.3) is 0 Å². The minimum absolute atomic E-state index is 0.236. The van der Waals surface area contributed by atoms with Gasteiger partial charge in [-0.3, -0.25) is 0 Å². The van der Waals surface area contributed by atoms with Gasteiger partial charge in [0.15, 0.2) is 0 Å². The molecule has 0 saturated heterocycles. The number of rotatable bonds is 8. The molecule has 0 fully saturated rings. The van der Waals surface area contributed by atoms with E-state index in [-0.39, 0.29) is 11.0 Å². The normalized spacial score (nSPS) is 13.9. The van der Waals surface area contributed by atoms with Crippen molar-refractivity contribution < 1.29 is 0 Å². The SMILES string of the molecule is CCC(C)(c1ccc2c(c1)C(C)(C)c1cc(N(c3ccc4ccccc4c3)c3ccc4ccccc4c3)ccc1-2)N(c1ccc2ccccc2c1)c1ccc2ccccc2c1. The van der Waals surface area contributed by atoms with Crippen LogP contribution in [0, 0.1) is 0 Å². The molecule has 10 aromatic carbocycles. The molecule has 0 aromatic heterocycles. The fourth-order valence-corrected chi connectivity index (χ4v) is 10.1. The lowest BCUT2D eigenvalue weighted by Gasteiger charge is -2.44. The summed E-state index contributed by atoms with van der Waals surface area (Å²) < 4.78 is 0. The third-order valence-corrected chi connectivity index (χ3v) is 13.7. The molecule has 61 heavy (non-hydrogen) atoms. The van der Waals surface area contributed by atoms with Crippen molar-refractivity contribution in [2.24, 2.45) is 0 Å². The second kappa shape index (κ2) is 14.2. The number of anilines is 5. The highest BCUT2D eigenvalue weighted by atomic mass is 15.2. The summed E-state index contributed by atoms with van der Waals surface area (Å²) >= 11 is 0. The average Bonchev–Trinajstić information content (AvgIpc) is 3.53. The van der Waals surface area contributed by atoms with Crippen LogP contribution in [0.2, 0.25) is 0 Å². The lowest BCUT2D eigenvalue weighted by Crippen LogP contribution is -2.40. The maximum atomic E-state index is 2.59. The van der Waals surface area contributed by atoms with Crippen molar-refractivity contribution >= 4 is 71.5 Å². The summed E-state index contributed by atoms with van der Waals surface area (Å²) in [6.45, 7) is 9.59. The van der Waals surface area contributed by atoms with Crippen LogP contribution in [0.1, 0.15) is 50.8 Å². The first kappa shape index (κ1) is 36.9. The Hall–Kier alpha value is -7.16. The van der Waals surface area contributed by atoms with E-state index in [1.54, 1.807) is 0 Å². The molecule has 11 rings (SSSR count). The van der Waals surface area contributed by atoms with Crippen molar-refractivity contribution in [3.8, 4) is 11.1 Å². The molecule has 1 atom stereocenters. The molecule has 0 aliphatic heterocycles. The van der Waals surface area contributed by atoms with Crippen LogP contribution in [0.4, 0.5) is 28.4 Å². The fourth-order valence-electron chi connectivity index (χ4n) is 10.1. The summed E-state index contributed by atoms with van der Waals surface area (Å²) in [5.74, 6) is 0. The first-order chi connectivity index (χ1) is 29.8. The Morgan fingerprint density at radius 1 is 0.377 bits per heavy atom. The Labute approximate surface area is 359 Å². The van der Waals surface area contributed by atoms with Crippen LogP contribution in [0.25, 0.3) is 54.2 Å². The minimum Gasteiger partial charge on any atom is -0.331 e. The lowest BCUT2D eigenvalue weighted by atomic mass is 9.78. The first-order valence-electron chi connectivity index (χ1n) is 21.6. The molecule has 0 N–H and O–H groups in total.